The van der Waals surface area contributed by atoms with Crippen LogP contribution >= 0.6 is 15.9 Å². The topological polar surface area (TPSA) is 80.8 Å². The van der Waals surface area contributed by atoms with Crippen LogP contribution in [0.2, 0.25) is 0 Å². The van der Waals surface area contributed by atoms with Crippen molar-refractivity contribution < 1.29 is 9.53 Å². The lowest BCUT2D eigenvalue weighted by molar-refractivity contribution is -0.114. The van der Waals surface area contributed by atoms with Gasteiger partial charge in [0.25, 0.3) is 0 Å². The highest BCUT2D eigenvalue weighted by Crippen LogP contribution is 2.46. The number of carbonyl (C=O) groups excluding carboxylic acids is 1. The van der Waals surface area contributed by atoms with Crippen LogP contribution in [0.4, 0.5) is 0 Å². The smallest absolute Gasteiger partial charge is 0.216 e. The lowest BCUT2D eigenvalue weighted by Gasteiger charge is -2.27. The average molecular weight is 437 g/mol. The molecule has 0 bridgehead atoms. The van der Waals surface area contributed by atoms with Gasteiger partial charge >= 0.3 is 0 Å². The fourth-order valence-electron chi connectivity index (χ4n) is 3.09. The van der Waals surface area contributed by atoms with Crippen LogP contribution in [0.1, 0.15) is 17.2 Å². The lowest BCUT2D eigenvalue weighted by Crippen LogP contribution is -2.33. The Balaban J connectivity index is 1.85. The van der Waals surface area contributed by atoms with Crippen LogP contribution in [0.15, 0.2) is 70.4 Å². The van der Waals surface area contributed by atoms with Crippen LogP contribution in [0, 0.1) is 0 Å². The largest absolute Gasteiger partial charge is 0.457 e. The van der Waals surface area contributed by atoms with E-state index in [0.29, 0.717) is 17.9 Å². The summed E-state index contributed by atoms with van der Waals surface area (Å²) in [5.74, 6) is 1.54. The first-order valence-electron chi connectivity index (χ1n) is 8.60. The molecule has 6 nitrogen and oxygen atoms in total. The van der Waals surface area contributed by atoms with E-state index in [4.69, 9.17) is 10.5 Å². The number of hydrogen-bond donors (Lipinski definition) is 1. The Labute approximate surface area is 170 Å². The highest BCUT2D eigenvalue weighted by Gasteiger charge is 2.28. The third kappa shape index (κ3) is 3.36. The minimum absolute atomic E-state index is 0.134. The number of aliphatic imine (C=N–C) groups is 1. The quantitative estimate of drug-likeness (QED) is 0.380. The van der Waals surface area contributed by atoms with Gasteiger partial charge in [0.05, 0.1) is 0 Å². The van der Waals surface area contributed by atoms with Crippen molar-refractivity contribution in [1.29, 1.82) is 0 Å². The van der Waals surface area contributed by atoms with Crippen molar-refractivity contribution in [1.82, 2.24) is 9.88 Å². The van der Waals surface area contributed by atoms with Crippen LogP contribution in [0.25, 0.3) is 11.1 Å². The molecule has 2 heterocycles. The highest BCUT2D eigenvalue weighted by atomic mass is 79.9. The molecule has 3 aromatic rings. The number of nitrogens with two attached hydrogens (primary N) is 1. The van der Waals surface area contributed by atoms with Crippen molar-refractivity contribution in [2.24, 2.45) is 10.7 Å². The van der Waals surface area contributed by atoms with Crippen LogP contribution < -0.4 is 10.5 Å². The van der Waals surface area contributed by atoms with Gasteiger partial charge in [0.1, 0.15) is 17.5 Å². The third-order valence-corrected chi connectivity index (χ3v) is 5.06. The first-order chi connectivity index (χ1) is 13.6. The molecule has 0 saturated carbocycles. The normalized spacial score (nSPS) is 15.2. The summed E-state index contributed by atoms with van der Waals surface area (Å²) in [5, 5.41) is 0. The highest BCUT2D eigenvalue weighted by molar-refractivity contribution is 9.10. The molecule has 2 N–H and O–H groups in total. The molecular weight excluding hydrogens is 420 g/mol. The Kier molecular flexibility index (Phi) is 4.83. The summed E-state index contributed by atoms with van der Waals surface area (Å²) in [5.41, 5.74) is 9.75. The molecule has 2 aromatic carbocycles. The second-order valence-electron chi connectivity index (χ2n) is 6.38. The number of ether oxygens (including phenoxy) is 1. The zero-order chi connectivity index (χ0) is 19.7. The molecule has 28 heavy (non-hydrogen) atoms. The number of nitrogens with zero attached hydrogens (tertiary/aromatic N) is 3. The van der Waals surface area contributed by atoms with E-state index >= 15 is 0 Å². The van der Waals surface area contributed by atoms with E-state index in [1.165, 1.54) is 4.90 Å². The number of hydrogen-bond acceptors (Lipinski definition) is 4. The zero-order valence-corrected chi connectivity index (χ0v) is 16.6. The Hall–Kier alpha value is -3.19. The van der Waals surface area contributed by atoms with Gasteiger partial charge < -0.3 is 10.5 Å². The molecule has 1 atom stereocenters. The van der Waals surface area contributed by atoms with Crippen LogP contribution in [-0.4, -0.2) is 29.3 Å². The predicted octanol–water partition coefficient (Wildman–Crippen LogP) is 4.11. The van der Waals surface area contributed by atoms with Gasteiger partial charge in [0.2, 0.25) is 6.41 Å². The molecule has 4 rings (SSSR count). The van der Waals surface area contributed by atoms with Crippen LogP contribution in [0.3, 0.4) is 0 Å². The van der Waals surface area contributed by atoms with E-state index in [2.05, 4.69) is 25.9 Å². The van der Waals surface area contributed by atoms with E-state index in [0.717, 1.165) is 26.7 Å². The van der Waals surface area contributed by atoms with Crippen molar-refractivity contribution in [2.75, 3.05) is 7.05 Å². The molecule has 1 amide bonds. The number of guanidine groups is 1. The predicted molar refractivity (Wildman–Crippen MR) is 111 cm³/mol. The van der Waals surface area contributed by atoms with Gasteiger partial charge in [-0.3, -0.25) is 14.7 Å². The first-order valence-corrected chi connectivity index (χ1v) is 9.39. The number of benzene rings is 2. The monoisotopic (exact) mass is 436 g/mol. The summed E-state index contributed by atoms with van der Waals surface area (Å²) < 4.78 is 7.07. The number of carbonyl (C=O) groups is 1. The Morgan fingerprint density at radius 2 is 2.04 bits per heavy atom. The lowest BCUT2D eigenvalue weighted by atomic mass is 9.93. The van der Waals surface area contributed by atoms with Crippen molar-refractivity contribution >= 4 is 28.3 Å². The maximum Gasteiger partial charge on any atom is 0.216 e. The Bertz CT molecular complexity index is 1070. The molecule has 1 aliphatic rings. The molecule has 1 aliphatic heterocycles. The van der Waals surface area contributed by atoms with Gasteiger partial charge in [-0.05, 0) is 35.9 Å². The van der Waals surface area contributed by atoms with E-state index in [-0.39, 0.29) is 12.0 Å². The zero-order valence-electron chi connectivity index (χ0n) is 15.0. The standard InChI is InChI=1S/C21H17BrN4O2/c1-26(12-27)21(23)25-20-16-6-4-13(14-3-2-8-24-11-14)9-19(16)28-18-7-5-15(22)10-17(18)20/h2-12,20H,1H3,(H2,23,25). The van der Waals surface area contributed by atoms with E-state index in [1.807, 2.05) is 54.7 Å². The fourth-order valence-corrected chi connectivity index (χ4v) is 3.47. The maximum atomic E-state index is 11.1. The minimum atomic E-state index is -0.387. The molecule has 140 valence electrons. The molecule has 0 aliphatic carbocycles. The second kappa shape index (κ2) is 7.44. The fraction of sp³-hybridized carbons (Fsp3) is 0.0952. The number of halogens is 1. The molecule has 0 fully saturated rings. The number of amides is 1. The summed E-state index contributed by atoms with van der Waals surface area (Å²) in [6.07, 6.45) is 4.18. The third-order valence-electron chi connectivity index (χ3n) is 4.57. The molecule has 1 unspecified atom stereocenters. The van der Waals surface area contributed by atoms with Gasteiger partial charge in [0, 0.05) is 40.6 Å². The maximum absolute atomic E-state index is 11.1. The minimum Gasteiger partial charge on any atom is -0.457 e. The van der Waals surface area contributed by atoms with E-state index in [1.54, 1.807) is 13.2 Å². The van der Waals surface area contributed by atoms with Gasteiger partial charge in [0.15, 0.2) is 5.96 Å². The second-order valence-corrected chi connectivity index (χ2v) is 7.30. The molecule has 0 spiro atoms. The molecule has 1 aromatic heterocycles. The number of aromatic nitrogens is 1. The van der Waals surface area contributed by atoms with Crippen molar-refractivity contribution in [3.63, 3.8) is 0 Å². The van der Waals surface area contributed by atoms with Crippen LogP contribution in [0.5, 0.6) is 11.5 Å². The number of pyridine rings is 1. The number of rotatable bonds is 3. The summed E-state index contributed by atoms with van der Waals surface area (Å²) in [7, 11) is 1.57. The SMILES string of the molecule is CN(C=O)C(N)=NC1c2ccc(-c3cccnc3)cc2Oc2ccc(Br)cc21. The van der Waals surface area contributed by atoms with Gasteiger partial charge in [-0.25, -0.2) is 4.99 Å². The summed E-state index contributed by atoms with van der Waals surface area (Å²) in [6.45, 7) is 0. The van der Waals surface area contributed by atoms with Crippen molar-refractivity contribution in [2.45, 2.75) is 6.04 Å². The Morgan fingerprint density at radius 3 is 2.79 bits per heavy atom. The number of fused-ring (bicyclic) bond motifs is 2. The first kappa shape index (κ1) is 18.2. The van der Waals surface area contributed by atoms with Gasteiger partial charge in [-0.15, -0.1) is 0 Å². The van der Waals surface area contributed by atoms with Crippen molar-refractivity contribution in [3.8, 4) is 22.6 Å². The Morgan fingerprint density at radius 1 is 1.18 bits per heavy atom. The summed E-state index contributed by atoms with van der Waals surface area (Å²) >= 11 is 3.50. The van der Waals surface area contributed by atoms with Crippen LogP contribution in [-0.2, 0) is 4.79 Å². The van der Waals surface area contributed by atoms with Gasteiger partial charge in [-0.2, -0.15) is 0 Å². The van der Waals surface area contributed by atoms with E-state index < -0.39 is 0 Å². The van der Waals surface area contributed by atoms with E-state index in [9.17, 15) is 4.79 Å². The molecule has 7 heteroatoms. The van der Waals surface area contributed by atoms with Crippen molar-refractivity contribution in [3.05, 3.63) is 76.5 Å². The van der Waals surface area contributed by atoms with Gasteiger partial charge in [-0.1, -0.05) is 34.1 Å². The molecular formula is C21H17BrN4O2. The summed E-state index contributed by atoms with van der Waals surface area (Å²) in [4.78, 5) is 21.1. The average Bonchev–Trinajstić information content (AvgIpc) is 2.73. The molecule has 0 radical (unpaired) electrons. The molecule has 0 saturated heterocycles. The summed E-state index contributed by atoms with van der Waals surface area (Å²) in [6, 6.07) is 15.2.